The van der Waals surface area contributed by atoms with Crippen LogP contribution in [0.3, 0.4) is 0 Å². The fourth-order valence-electron chi connectivity index (χ4n) is 7.71. The molecule has 0 aliphatic heterocycles. The molecule has 4 aliphatic carbocycles. The molecule has 162 valence electrons. The first kappa shape index (κ1) is 21.3. The molecule has 0 aromatic rings. The Labute approximate surface area is 178 Å². The Balaban J connectivity index is 1.58. The predicted octanol–water partition coefficient (Wildman–Crippen LogP) is 6.63. The summed E-state index contributed by atoms with van der Waals surface area (Å²) < 4.78 is 0. The molecule has 1 unspecified atom stereocenters. The smallest absolute Gasteiger partial charge is 0.182 e. The lowest BCUT2D eigenvalue weighted by atomic mass is 9.53. The van der Waals surface area contributed by atoms with E-state index >= 15 is 0 Å². The SMILES string of the molecule is CC(C)CCC[C@@H](C)[C@H]1CCC2C3=C(CC[C@@]21C)[C@@]1(C)CC[C@H](O)CC1=CC3=O. The summed E-state index contributed by atoms with van der Waals surface area (Å²) in [6.07, 6.45) is 13.1. The molecule has 29 heavy (non-hydrogen) atoms. The van der Waals surface area contributed by atoms with Crippen LogP contribution >= 0.6 is 0 Å². The van der Waals surface area contributed by atoms with Crippen molar-refractivity contribution in [1.29, 1.82) is 0 Å². The van der Waals surface area contributed by atoms with Gasteiger partial charge in [-0.15, -0.1) is 0 Å². The summed E-state index contributed by atoms with van der Waals surface area (Å²) in [7, 11) is 0. The van der Waals surface area contributed by atoms with Gasteiger partial charge in [0, 0.05) is 11.0 Å². The van der Waals surface area contributed by atoms with Crippen LogP contribution in [-0.4, -0.2) is 17.0 Å². The molecule has 2 heteroatoms. The van der Waals surface area contributed by atoms with E-state index in [-0.39, 0.29) is 17.3 Å². The fourth-order valence-corrected chi connectivity index (χ4v) is 7.71. The average molecular weight is 399 g/mol. The van der Waals surface area contributed by atoms with Crippen molar-refractivity contribution in [3.63, 3.8) is 0 Å². The Morgan fingerprint density at radius 2 is 1.86 bits per heavy atom. The van der Waals surface area contributed by atoms with Crippen molar-refractivity contribution in [2.45, 2.75) is 105 Å². The molecule has 6 atom stereocenters. The Morgan fingerprint density at radius 1 is 1.10 bits per heavy atom. The Hall–Kier alpha value is -0.890. The summed E-state index contributed by atoms with van der Waals surface area (Å²) >= 11 is 0. The van der Waals surface area contributed by atoms with Gasteiger partial charge in [0.1, 0.15) is 0 Å². The van der Waals surface area contributed by atoms with E-state index in [9.17, 15) is 9.90 Å². The van der Waals surface area contributed by atoms with Crippen LogP contribution in [-0.2, 0) is 4.79 Å². The quantitative estimate of drug-likeness (QED) is 0.564. The van der Waals surface area contributed by atoms with E-state index in [1.54, 1.807) is 0 Å². The van der Waals surface area contributed by atoms with Crippen LogP contribution in [0.25, 0.3) is 0 Å². The number of hydrogen-bond donors (Lipinski definition) is 1. The summed E-state index contributed by atoms with van der Waals surface area (Å²) in [6.45, 7) is 12.0. The van der Waals surface area contributed by atoms with E-state index in [4.69, 9.17) is 0 Å². The molecule has 2 fully saturated rings. The second-order valence-electron chi connectivity index (χ2n) is 11.7. The molecule has 0 saturated heterocycles. The molecule has 4 rings (SSSR count). The van der Waals surface area contributed by atoms with E-state index in [0.717, 1.165) is 37.0 Å². The van der Waals surface area contributed by atoms with Crippen molar-refractivity contribution in [2.24, 2.45) is 34.5 Å². The van der Waals surface area contributed by atoms with Crippen LogP contribution in [0.4, 0.5) is 0 Å². The maximum Gasteiger partial charge on any atom is 0.182 e. The minimum absolute atomic E-state index is 0.0325. The molecule has 0 amide bonds. The molecule has 0 aromatic carbocycles. The lowest BCUT2D eigenvalue weighted by molar-refractivity contribution is -0.113. The molecule has 0 heterocycles. The van der Waals surface area contributed by atoms with Crippen LogP contribution in [0.1, 0.15) is 98.8 Å². The zero-order valence-corrected chi connectivity index (χ0v) is 19.4. The van der Waals surface area contributed by atoms with E-state index in [1.807, 2.05) is 6.08 Å². The van der Waals surface area contributed by atoms with Gasteiger partial charge in [0.25, 0.3) is 0 Å². The lowest BCUT2D eigenvalue weighted by Crippen LogP contribution is -2.44. The molecular formula is C27H42O2. The van der Waals surface area contributed by atoms with Gasteiger partial charge in [-0.05, 0) is 80.1 Å². The van der Waals surface area contributed by atoms with Gasteiger partial charge < -0.3 is 5.11 Å². The van der Waals surface area contributed by atoms with E-state index < -0.39 is 0 Å². The Kier molecular flexibility index (Phi) is 5.64. The number of fused-ring (bicyclic) bond motifs is 4. The van der Waals surface area contributed by atoms with Gasteiger partial charge in [0.15, 0.2) is 5.78 Å². The third-order valence-corrected chi connectivity index (χ3v) is 9.50. The maximum atomic E-state index is 13.3. The monoisotopic (exact) mass is 398 g/mol. The predicted molar refractivity (Wildman–Crippen MR) is 119 cm³/mol. The lowest BCUT2D eigenvalue weighted by Gasteiger charge is -2.51. The van der Waals surface area contributed by atoms with Crippen LogP contribution in [0.5, 0.6) is 0 Å². The van der Waals surface area contributed by atoms with Gasteiger partial charge in [-0.1, -0.05) is 65.0 Å². The van der Waals surface area contributed by atoms with Gasteiger partial charge in [0.05, 0.1) is 6.10 Å². The Bertz CT molecular complexity index is 729. The molecule has 0 radical (unpaired) electrons. The minimum Gasteiger partial charge on any atom is -0.393 e. The summed E-state index contributed by atoms with van der Waals surface area (Å²) in [5.74, 6) is 3.06. The second-order valence-corrected chi connectivity index (χ2v) is 11.7. The first-order valence-electron chi connectivity index (χ1n) is 12.3. The minimum atomic E-state index is -0.263. The number of hydrogen-bond acceptors (Lipinski definition) is 2. The summed E-state index contributed by atoms with van der Waals surface area (Å²) in [5.41, 5.74) is 4.20. The maximum absolute atomic E-state index is 13.3. The molecule has 0 bridgehead atoms. The van der Waals surface area contributed by atoms with Crippen LogP contribution < -0.4 is 0 Å². The van der Waals surface area contributed by atoms with Gasteiger partial charge in [-0.2, -0.15) is 0 Å². The molecule has 0 spiro atoms. The number of carbonyl (C=O) groups excluding carboxylic acids is 1. The second kappa shape index (κ2) is 7.66. The van der Waals surface area contributed by atoms with E-state index in [1.165, 1.54) is 55.2 Å². The number of carbonyl (C=O) groups is 1. The third kappa shape index (κ3) is 3.48. The summed E-state index contributed by atoms with van der Waals surface area (Å²) in [6, 6.07) is 0. The van der Waals surface area contributed by atoms with Crippen molar-refractivity contribution in [3.8, 4) is 0 Å². The fraction of sp³-hybridized carbons (Fsp3) is 0.815. The highest BCUT2D eigenvalue weighted by Crippen LogP contribution is 2.64. The molecule has 2 saturated carbocycles. The number of allylic oxidation sites excluding steroid dienone is 3. The topological polar surface area (TPSA) is 37.3 Å². The number of aliphatic hydroxyl groups is 1. The number of aliphatic hydroxyl groups excluding tert-OH is 1. The van der Waals surface area contributed by atoms with Gasteiger partial charge in [-0.3, -0.25) is 4.79 Å². The molecular weight excluding hydrogens is 356 g/mol. The van der Waals surface area contributed by atoms with E-state index in [0.29, 0.717) is 17.8 Å². The number of ketones is 1. The third-order valence-electron chi connectivity index (χ3n) is 9.50. The first-order chi connectivity index (χ1) is 13.7. The zero-order chi connectivity index (χ0) is 21.0. The highest BCUT2D eigenvalue weighted by molar-refractivity contribution is 6.07. The molecule has 4 aliphatic rings. The van der Waals surface area contributed by atoms with Crippen LogP contribution in [0.15, 0.2) is 22.8 Å². The summed E-state index contributed by atoms with van der Waals surface area (Å²) in [5, 5.41) is 10.2. The largest absolute Gasteiger partial charge is 0.393 e. The highest BCUT2D eigenvalue weighted by Gasteiger charge is 2.56. The molecule has 1 N–H and O–H groups in total. The first-order valence-corrected chi connectivity index (χ1v) is 12.3. The van der Waals surface area contributed by atoms with Crippen molar-refractivity contribution < 1.29 is 9.90 Å². The van der Waals surface area contributed by atoms with Crippen LogP contribution in [0.2, 0.25) is 0 Å². The normalized spacial score (nSPS) is 40.4. The standard InChI is InChI=1S/C27H42O2/c1-17(2)7-6-8-18(3)21-9-10-22-25-23(12-14-27(21,22)5)26(4)13-11-20(28)15-19(26)16-24(25)29/h16-18,20-22,28H,6-15H2,1-5H3/t18-,20+,21-,22?,26+,27-/m1/s1. The van der Waals surface area contributed by atoms with Gasteiger partial charge in [0.2, 0.25) is 0 Å². The van der Waals surface area contributed by atoms with Crippen molar-refractivity contribution in [3.05, 3.63) is 22.8 Å². The van der Waals surface area contributed by atoms with Crippen molar-refractivity contribution >= 4 is 5.78 Å². The molecule has 2 nitrogen and oxygen atoms in total. The van der Waals surface area contributed by atoms with Crippen molar-refractivity contribution in [1.82, 2.24) is 0 Å². The van der Waals surface area contributed by atoms with Crippen LogP contribution in [0, 0.1) is 34.5 Å². The Morgan fingerprint density at radius 3 is 2.59 bits per heavy atom. The molecule has 0 aromatic heterocycles. The average Bonchev–Trinajstić information content (AvgIpc) is 3.00. The van der Waals surface area contributed by atoms with E-state index in [2.05, 4.69) is 34.6 Å². The number of rotatable bonds is 5. The van der Waals surface area contributed by atoms with Crippen molar-refractivity contribution in [2.75, 3.05) is 0 Å². The zero-order valence-electron chi connectivity index (χ0n) is 19.4. The van der Waals surface area contributed by atoms with Gasteiger partial charge >= 0.3 is 0 Å². The van der Waals surface area contributed by atoms with Gasteiger partial charge in [-0.25, -0.2) is 0 Å². The highest BCUT2D eigenvalue weighted by atomic mass is 16.3. The summed E-state index contributed by atoms with van der Waals surface area (Å²) in [4.78, 5) is 13.3.